The largest absolute Gasteiger partial charge is 0.488 e. The molecule has 0 bridgehead atoms. The van der Waals surface area contributed by atoms with Gasteiger partial charge in [0.2, 0.25) is 0 Å². The van der Waals surface area contributed by atoms with E-state index in [1.54, 1.807) is 0 Å². The molecule has 0 aliphatic heterocycles. The fourth-order valence-corrected chi connectivity index (χ4v) is 3.39. The molecule has 0 aliphatic rings. The number of carbonyl (C=O) groups is 1. The second kappa shape index (κ2) is 10.3. The maximum absolute atomic E-state index is 13.8. The number of alkyl halides is 6. The van der Waals surface area contributed by atoms with Crippen molar-refractivity contribution in [2.75, 3.05) is 11.9 Å². The normalized spacial score (nSPS) is 12.8. The average molecular weight is 562 g/mol. The lowest BCUT2D eigenvalue weighted by Gasteiger charge is -2.32. The number of anilines is 1. The van der Waals surface area contributed by atoms with Crippen LogP contribution in [-0.4, -0.2) is 45.2 Å². The van der Waals surface area contributed by atoms with Crippen molar-refractivity contribution in [1.29, 1.82) is 0 Å². The number of ether oxygens (including phenoxy) is 1. The summed E-state index contributed by atoms with van der Waals surface area (Å²) in [6.45, 7) is 2.59. The number of hydrogen-bond acceptors (Lipinski definition) is 5. The first kappa shape index (κ1) is 29.6. The number of nitrogens with zero attached hydrogens (tertiary/aromatic N) is 1. The summed E-state index contributed by atoms with van der Waals surface area (Å²) in [5.41, 5.74) is -9.64. The summed E-state index contributed by atoms with van der Waals surface area (Å²) in [6.07, 6.45) is -10.9. The minimum Gasteiger partial charge on any atom is -0.488 e. The quantitative estimate of drug-likeness (QED) is 0.363. The lowest BCUT2D eigenvalue weighted by atomic mass is 9.92. The zero-order chi connectivity index (χ0) is 29.4. The van der Waals surface area contributed by atoms with Gasteiger partial charge in [0, 0.05) is 23.5 Å². The van der Waals surface area contributed by atoms with Gasteiger partial charge < -0.3 is 20.3 Å². The second-order valence-electron chi connectivity index (χ2n) is 9.05. The zero-order valence-electron chi connectivity index (χ0n) is 20.2. The second-order valence-corrected chi connectivity index (χ2v) is 9.05. The van der Waals surface area contributed by atoms with Crippen LogP contribution in [0.5, 0.6) is 5.75 Å². The fourth-order valence-electron chi connectivity index (χ4n) is 3.39. The number of aliphatic hydroxyl groups is 2. The first-order valence-corrected chi connectivity index (χ1v) is 11.0. The van der Waals surface area contributed by atoms with Gasteiger partial charge in [-0.15, -0.1) is 0 Å². The van der Waals surface area contributed by atoms with Gasteiger partial charge in [0.15, 0.2) is 0 Å². The maximum Gasteiger partial charge on any atom is 0.430 e. The number of halogens is 7. The Balaban J connectivity index is 1.92. The third-order valence-electron chi connectivity index (χ3n) is 5.34. The maximum atomic E-state index is 13.8. The molecule has 210 valence electrons. The summed E-state index contributed by atoms with van der Waals surface area (Å²) in [7, 11) is 0. The molecule has 0 atom stereocenters. The molecule has 1 amide bonds. The summed E-state index contributed by atoms with van der Waals surface area (Å²) < 4.78 is 98.7. The molecule has 0 unspecified atom stereocenters. The molecule has 39 heavy (non-hydrogen) atoms. The molecule has 0 saturated carbocycles. The molecular weight excluding hydrogens is 541 g/mol. The van der Waals surface area contributed by atoms with E-state index in [4.69, 9.17) is 4.74 Å². The van der Waals surface area contributed by atoms with Crippen LogP contribution in [0.15, 0.2) is 65.6 Å². The molecule has 0 spiro atoms. The van der Waals surface area contributed by atoms with Crippen molar-refractivity contribution in [2.45, 2.75) is 37.4 Å². The molecule has 0 saturated heterocycles. The molecule has 0 aliphatic carbocycles. The minimum atomic E-state index is -6.08. The van der Waals surface area contributed by atoms with Crippen molar-refractivity contribution in [3.63, 3.8) is 0 Å². The molecule has 3 aromatic rings. The van der Waals surface area contributed by atoms with E-state index in [2.05, 4.69) is 5.32 Å². The van der Waals surface area contributed by atoms with E-state index >= 15 is 0 Å². The lowest BCUT2D eigenvalue weighted by Crippen LogP contribution is -2.53. The first-order chi connectivity index (χ1) is 17.8. The molecule has 1 aromatic heterocycles. The Morgan fingerprint density at radius 2 is 1.54 bits per heavy atom. The Kier molecular flexibility index (Phi) is 7.86. The predicted molar refractivity (Wildman–Crippen MR) is 124 cm³/mol. The van der Waals surface area contributed by atoms with Gasteiger partial charge >= 0.3 is 12.4 Å². The first-order valence-electron chi connectivity index (χ1n) is 11.0. The highest BCUT2D eigenvalue weighted by atomic mass is 19.4. The van der Waals surface area contributed by atoms with Gasteiger partial charge in [0.05, 0.1) is 11.3 Å². The van der Waals surface area contributed by atoms with Crippen LogP contribution in [0.3, 0.4) is 0 Å². The highest BCUT2D eigenvalue weighted by Gasteiger charge is 2.71. The number of benzene rings is 2. The van der Waals surface area contributed by atoms with Crippen LogP contribution in [0.25, 0.3) is 5.69 Å². The summed E-state index contributed by atoms with van der Waals surface area (Å²) in [5, 5.41) is 21.6. The zero-order valence-corrected chi connectivity index (χ0v) is 20.2. The molecular formula is C25H21F7N2O5. The van der Waals surface area contributed by atoms with Gasteiger partial charge in [-0.05, 0) is 50.2 Å². The van der Waals surface area contributed by atoms with E-state index in [0.29, 0.717) is 24.3 Å². The topological polar surface area (TPSA) is 101 Å². The lowest BCUT2D eigenvalue weighted by molar-refractivity contribution is -0.376. The summed E-state index contributed by atoms with van der Waals surface area (Å²) in [6, 6.07) is 7.64. The Morgan fingerprint density at radius 3 is 2.08 bits per heavy atom. The van der Waals surface area contributed by atoms with Gasteiger partial charge in [0.1, 0.15) is 23.7 Å². The van der Waals surface area contributed by atoms with Crippen molar-refractivity contribution < 1.29 is 50.5 Å². The van der Waals surface area contributed by atoms with Crippen LogP contribution < -0.4 is 15.6 Å². The third-order valence-corrected chi connectivity index (χ3v) is 5.34. The SMILES string of the molecule is CC(C)(O)COc1cc(F)ccc1-n1cccc(C(=O)Nc2ccc(C(O)(C(F)(F)F)C(F)(F)F)cc2)c1=O. The smallest absolute Gasteiger partial charge is 0.430 e. The summed E-state index contributed by atoms with van der Waals surface area (Å²) >= 11 is 0. The minimum absolute atomic E-state index is 0.0169. The number of aromatic nitrogens is 1. The van der Waals surface area contributed by atoms with Crippen LogP contribution in [0, 0.1) is 5.82 Å². The van der Waals surface area contributed by atoms with Gasteiger partial charge in [0.25, 0.3) is 17.1 Å². The van der Waals surface area contributed by atoms with Crippen LogP contribution in [0.2, 0.25) is 0 Å². The highest BCUT2D eigenvalue weighted by Crippen LogP contribution is 2.50. The van der Waals surface area contributed by atoms with Crippen molar-refractivity contribution >= 4 is 11.6 Å². The van der Waals surface area contributed by atoms with E-state index < -0.39 is 52.0 Å². The van der Waals surface area contributed by atoms with Crippen LogP contribution in [0.4, 0.5) is 36.4 Å². The number of nitrogens with one attached hydrogen (secondary N) is 1. The van der Waals surface area contributed by atoms with Crippen LogP contribution >= 0.6 is 0 Å². The molecule has 3 rings (SSSR count). The number of rotatable bonds is 7. The average Bonchev–Trinajstić information content (AvgIpc) is 2.81. The van der Waals surface area contributed by atoms with E-state index in [-0.39, 0.29) is 23.7 Å². The predicted octanol–water partition coefficient (Wildman–Crippen LogP) is 4.69. The van der Waals surface area contributed by atoms with Gasteiger partial charge in [-0.3, -0.25) is 14.2 Å². The standard InChI is InChI=1S/C25H21F7N2O5/c1-22(2,37)13-39-19-12-15(26)7-10-18(19)34-11-3-4-17(21(34)36)20(35)33-16-8-5-14(6-9-16)23(38,24(27,28)29)25(30,31)32/h3-12,37-38H,13H2,1-2H3,(H,33,35). The number of carbonyl (C=O) groups excluding carboxylic acids is 1. The van der Waals surface area contributed by atoms with Crippen LogP contribution in [0.1, 0.15) is 29.8 Å². The molecule has 14 heteroatoms. The van der Waals surface area contributed by atoms with E-state index in [1.165, 1.54) is 32.2 Å². The van der Waals surface area contributed by atoms with Crippen molar-refractivity contribution in [1.82, 2.24) is 4.57 Å². The molecule has 7 nitrogen and oxygen atoms in total. The molecule has 3 N–H and O–H groups in total. The fraction of sp³-hybridized carbons (Fsp3) is 0.280. The van der Waals surface area contributed by atoms with Crippen molar-refractivity contribution in [2.24, 2.45) is 0 Å². The van der Waals surface area contributed by atoms with E-state index in [1.807, 2.05) is 0 Å². The van der Waals surface area contributed by atoms with E-state index in [0.717, 1.165) is 22.8 Å². The molecule has 1 heterocycles. The Morgan fingerprint density at radius 1 is 0.949 bits per heavy atom. The molecule has 0 fully saturated rings. The van der Waals surface area contributed by atoms with Gasteiger partial charge in [-0.2, -0.15) is 26.3 Å². The number of pyridine rings is 1. The molecule has 2 aromatic carbocycles. The Hall–Kier alpha value is -3.91. The van der Waals surface area contributed by atoms with Crippen molar-refractivity contribution in [3.8, 4) is 11.4 Å². The Bertz CT molecular complexity index is 1390. The highest BCUT2D eigenvalue weighted by molar-refractivity contribution is 6.04. The summed E-state index contributed by atoms with van der Waals surface area (Å²) in [5.74, 6) is -1.91. The number of hydrogen-bond donors (Lipinski definition) is 3. The van der Waals surface area contributed by atoms with Crippen LogP contribution in [-0.2, 0) is 5.60 Å². The molecule has 0 radical (unpaired) electrons. The van der Waals surface area contributed by atoms with E-state index in [9.17, 15) is 50.5 Å². The Labute approximate surface area is 216 Å². The monoisotopic (exact) mass is 562 g/mol. The van der Waals surface area contributed by atoms with Crippen molar-refractivity contribution in [3.05, 3.63) is 88.1 Å². The number of amides is 1. The summed E-state index contributed by atoms with van der Waals surface area (Å²) in [4.78, 5) is 25.8. The van der Waals surface area contributed by atoms with Gasteiger partial charge in [-0.1, -0.05) is 12.1 Å². The third kappa shape index (κ3) is 6.23. The van der Waals surface area contributed by atoms with Gasteiger partial charge in [-0.25, -0.2) is 4.39 Å².